The molecule has 0 aliphatic carbocycles. The fraction of sp³-hybridized carbons (Fsp3) is 0. The number of phenols is 1. The van der Waals surface area contributed by atoms with Crippen molar-refractivity contribution in [2.75, 3.05) is 0 Å². The van der Waals surface area contributed by atoms with Crippen molar-refractivity contribution in [3.05, 3.63) is 65.4 Å². The SMILES string of the molecule is Oc1ccccc1-c1cc(-c2n[nH]c(=S)n2-c2ccccc2)[nH]n1. The zero-order valence-corrected chi connectivity index (χ0v) is 13.3. The zero-order chi connectivity index (χ0) is 16.5. The number of aromatic nitrogens is 5. The Morgan fingerprint density at radius 1 is 0.917 bits per heavy atom. The number of aromatic amines is 2. The second-order valence-corrected chi connectivity index (χ2v) is 5.59. The largest absolute Gasteiger partial charge is 0.507 e. The van der Waals surface area contributed by atoms with Crippen LogP contribution in [0, 0.1) is 4.77 Å². The lowest BCUT2D eigenvalue weighted by Crippen LogP contribution is -1.97. The topological polar surface area (TPSA) is 82.5 Å². The molecule has 24 heavy (non-hydrogen) atoms. The maximum Gasteiger partial charge on any atom is 0.200 e. The van der Waals surface area contributed by atoms with Crippen LogP contribution in [0.1, 0.15) is 0 Å². The second-order valence-electron chi connectivity index (χ2n) is 5.21. The van der Waals surface area contributed by atoms with E-state index in [9.17, 15) is 5.11 Å². The van der Waals surface area contributed by atoms with Crippen LogP contribution in [0.25, 0.3) is 28.5 Å². The first-order valence-corrected chi connectivity index (χ1v) is 7.72. The van der Waals surface area contributed by atoms with E-state index < -0.39 is 0 Å². The average Bonchev–Trinajstić information content (AvgIpc) is 3.23. The van der Waals surface area contributed by atoms with Gasteiger partial charge in [0, 0.05) is 5.56 Å². The molecule has 0 atom stereocenters. The van der Waals surface area contributed by atoms with Crippen LogP contribution in [0.4, 0.5) is 0 Å². The first kappa shape index (κ1) is 14.4. The summed E-state index contributed by atoms with van der Waals surface area (Å²) in [5, 5.41) is 24.3. The molecule has 3 N–H and O–H groups in total. The summed E-state index contributed by atoms with van der Waals surface area (Å²) >= 11 is 5.35. The van der Waals surface area contributed by atoms with Gasteiger partial charge in [0.15, 0.2) is 10.6 Å². The van der Waals surface area contributed by atoms with Crippen LogP contribution in [-0.2, 0) is 0 Å². The standard InChI is InChI=1S/C17H13N5OS/c23-15-9-5-4-8-12(15)13-10-14(19-18-13)16-20-21-17(24)22(16)11-6-2-1-3-7-11/h1-10,23H,(H,18,19)(H,21,24). The minimum absolute atomic E-state index is 0.178. The third kappa shape index (κ3) is 2.40. The number of H-pyrrole nitrogens is 2. The molecule has 7 heteroatoms. The molecule has 6 nitrogen and oxygen atoms in total. The Balaban J connectivity index is 1.82. The molecule has 0 amide bonds. The molecule has 0 saturated carbocycles. The van der Waals surface area contributed by atoms with E-state index in [2.05, 4.69) is 20.4 Å². The minimum atomic E-state index is 0.178. The summed E-state index contributed by atoms with van der Waals surface area (Å²) in [5.74, 6) is 0.804. The predicted molar refractivity (Wildman–Crippen MR) is 93.4 cm³/mol. The summed E-state index contributed by atoms with van der Waals surface area (Å²) in [5.41, 5.74) is 2.89. The number of hydrogen-bond acceptors (Lipinski definition) is 4. The maximum absolute atomic E-state index is 9.98. The molecule has 118 valence electrons. The van der Waals surface area contributed by atoms with E-state index in [4.69, 9.17) is 12.2 Å². The van der Waals surface area contributed by atoms with Gasteiger partial charge < -0.3 is 5.11 Å². The highest BCUT2D eigenvalue weighted by Gasteiger charge is 2.15. The summed E-state index contributed by atoms with van der Waals surface area (Å²) in [6.45, 7) is 0. The number of phenolic OH excluding ortho intramolecular Hbond substituents is 1. The van der Waals surface area contributed by atoms with E-state index in [-0.39, 0.29) is 5.75 Å². The van der Waals surface area contributed by atoms with Gasteiger partial charge in [-0.05, 0) is 42.5 Å². The summed E-state index contributed by atoms with van der Waals surface area (Å²) in [6, 6.07) is 18.6. The fourth-order valence-electron chi connectivity index (χ4n) is 2.56. The highest BCUT2D eigenvalue weighted by Crippen LogP contribution is 2.30. The number of nitrogens with zero attached hydrogens (tertiary/aromatic N) is 3. The third-order valence-corrected chi connectivity index (χ3v) is 3.96. The molecule has 4 rings (SSSR count). The summed E-state index contributed by atoms with van der Waals surface area (Å²) in [6.07, 6.45) is 0. The summed E-state index contributed by atoms with van der Waals surface area (Å²) in [7, 11) is 0. The van der Waals surface area contributed by atoms with Crippen LogP contribution >= 0.6 is 12.2 Å². The molecule has 2 aromatic carbocycles. The molecule has 0 bridgehead atoms. The van der Waals surface area contributed by atoms with Crippen LogP contribution in [0.3, 0.4) is 0 Å². The lowest BCUT2D eigenvalue weighted by atomic mass is 10.1. The molecule has 0 fully saturated rings. The summed E-state index contributed by atoms with van der Waals surface area (Å²) < 4.78 is 2.33. The molecular weight excluding hydrogens is 322 g/mol. The first-order valence-electron chi connectivity index (χ1n) is 7.31. The Kier molecular flexibility index (Phi) is 3.47. The molecule has 0 spiro atoms. The van der Waals surface area contributed by atoms with Gasteiger partial charge >= 0.3 is 0 Å². The monoisotopic (exact) mass is 335 g/mol. The normalized spacial score (nSPS) is 10.8. The van der Waals surface area contributed by atoms with Gasteiger partial charge in [0.25, 0.3) is 0 Å². The molecule has 2 aromatic heterocycles. The van der Waals surface area contributed by atoms with E-state index in [1.165, 1.54) is 0 Å². The quantitative estimate of drug-likeness (QED) is 0.499. The van der Waals surface area contributed by atoms with Crippen molar-refractivity contribution in [1.82, 2.24) is 25.0 Å². The molecule has 0 aliphatic rings. The van der Waals surface area contributed by atoms with E-state index in [1.54, 1.807) is 12.1 Å². The first-order chi connectivity index (χ1) is 11.7. The highest BCUT2D eigenvalue weighted by atomic mass is 32.1. The highest BCUT2D eigenvalue weighted by molar-refractivity contribution is 7.71. The number of nitrogens with one attached hydrogen (secondary N) is 2. The maximum atomic E-state index is 9.98. The van der Waals surface area contributed by atoms with Gasteiger partial charge in [-0.15, -0.1) is 0 Å². The van der Waals surface area contributed by atoms with E-state index in [1.807, 2.05) is 53.1 Å². The summed E-state index contributed by atoms with van der Waals surface area (Å²) in [4.78, 5) is 0. The van der Waals surface area contributed by atoms with Crippen molar-refractivity contribution in [2.24, 2.45) is 0 Å². The van der Waals surface area contributed by atoms with Crippen molar-refractivity contribution in [3.8, 4) is 34.2 Å². The Morgan fingerprint density at radius 3 is 2.46 bits per heavy atom. The van der Waals surface area contributed by atoms with E-state index in [0.29, 0.717) is 27.5 Å². The molecule has 4 aromatic rings. The Labute approximate surface area is 142 Å². The average molecular weight is 335 g/mol. The molecule has 0 unspecified atom stereocenters. The van der Waals surface area contributed by atoms with Gasteiger partial charge in [-0.1, -0.05) is 30.3 Å². The van der Waals surface area contributed by atoms with Gasteiger partial charge in [-0.2, -0.15) is 10.2 Å². The van der Waals surface area contributed by atoms with Crippen LogP contribution in [0.5, 0.6) is 5.75 Å². The zero-order valence-electron chi connectivity index (χ0n) is 12.5. The lowest BCUT2D eigenvalue weighted by Gasteiger charge is -2.04. The predicted octanol–water partition coefficient (Wildman–Crippen LogP) is 3.69. The second kappa shape index (κ2) is 5.78. The lowest BCUT2D eigenvalue weighted by molar-refractivity contribution is 0.477. The number of para-hydroxylation sites is 2. The van der Waals surface area contributed by atoms with E-state index in [0.717, 1.165) is 5.69 Å². The Hall–Kier alpha value is -3.19. The molecular formula is C17H13N5OS. The van der Waals surface area contributed by atoms with Gasteiger partial charge in [-0.25, -0.2) is 0 Å². The van der Waals surface area contributed by atoms with Gasteiger partial charge in [0.2, 0.25) is 0 Å². The van der Waals surface area contributed by atoms with Crippen molar-refractivity contribution >= 4 is 12.2 Å². The molecule has 0 radical (unpaired) electrons. The van der Waals surface area contributed by atoms with Crippen LogP contribution < -0.4 is 0 Å². The van der Waals surface area contributed by atoms with Gasteiger partial charge in [0.1, 0.15) is 11.4 Å². The van der Waals surface area contributed by atoms with Crippen LogP contribution in [-0.4, -0.2) is 30.1 Å². The van der Waals surface area contributed by atoms with Crippen molar-refractivity contribution < 1.29 is 5.11 Å². The number of benzene rings is 2. The Morgan fingerprint density at radius 2 is 1.67 bits per heavy atom. The smallest absolute Gasteiger partial charge is 0.200 e. The van der Waals surface area contributed by atoms with Crippen LogP contribution in [0.2, 0.25) is 0 Å². The fourth-order valence-corrected chi connectivity index (χ4v) is 2.80. The molecule has 2 heterocycles. The number of aromatic hydroxyl groups is 1. The van der Waals surface area contributed by atoms with Crippen molar-refractivity contribution in [1.29, 1.82) is 0 Å². The van der Waals surface area contributed by atoms with Crippen molar-refractivity contribution in [2.45, 2.75) is 0 Å². The minimum Gasteiger partial charge on any atom is -0.507 e. The number of hydrogen-bond donors (Lipinski definition) is 3. The Bertz CT molecular complexity index is 1050. The third-order valence-electron chi connectivity index (χ3n) is 3.69. The number of rotatable bonds is 3. The van der Waals surface area contributed by atoms with E-state index >= 15 is 0 Å². The van der Waals surface area contributed by atoms with Gasteiger partial charge in [0.05, 0.1) is 11.4 Å². The van der Waals surface area contributed by atoms with Crippen LogP contribution in [0.15, 0.2) is 60.7 Å². The molecule has 0 saturated heterocycles. The van der Waals surface area contributed by atoms with Crippen molar-refractivity contribution in [3.63, 3.8) is 0 Å². The van der Waals surface area contributed by atoms with Gasteiger partial charge in [-0.3, -0.25) is 14.8 Å². The molecule has 0 aliphatic heterocycles.